The number of nitrogens with two attached hydrogens (primary N) is 1. The Morgan fingerprint density at radius 2 is 2.00 bits per heavy atom. The van der Waals surface area contributed by atoms with Gasteiger partial charge in [-0.2, -0.15) is 15.8 Å². The van der Waals surface area contributed by atoms with Crippen molar-refractivity contribution in [1.29, 1.82) is 21.2 Å². The number of nitriles is 3. The lowest BCUT2D eigenvalue weighted by atomic mass is 9.67. The summed E-state index contributed by atoms with van der Waals surface area (Å²) in [5.74, 6) is -1.88. The zero-order chi connectivity index (χ0) is 17.4. The van der Waals surface area contributed by atoms with E-state index >= 15 is 0 Å². The summed E-state index contributed by atoms with van der Waals surface area (Å²) in [6.07, 6.45) is -0.330. The second kappa shape index (κ2) is 5.61. The molecule has 7 nitrogen and oxygen atoms in total. The summed E-state index contributed by atoms with van der Waals surface area (Å²) in [4.78, 5) is 0. The van der Waals surface area contributed by atoms with Gasteiger partial charge in [0.1, 0.15) is 29.6 Å². The third-order valence-corrected chi connectivity index (χ3v) is 4.52. The number of phenols is 1. The summed E-state index contributed by atoms with van der Waals surface area (Å²) in [7, 11) is 0. The Kier molecular flexibility index (Phi) is 3.60. The van der Waals surface area contributed by atoms with Gasteiger partial charge in [-0.05, 0) is 6.07 Å². The molecule has 1 aliphatic heterocycles. The number of nitrogens with zero attached hydrogens (tertiary/aromatic N) is 3. The quantitative estimate of drug-likeness (QED) is 0.716. The van der Waals surface area contributed by atoms with Crippen LogP contribution < -0.4 is 10.5 Å². The van der Waals surface area contributed by atoms with E-state index in [1.54, 1.807) is 6.07 Å². The van der Waals surface area contributed by atoms with E-state index in [1.807, 2.05) is 18.2 Å². The Morgan fingerprint density at radius 1 is 1.29 bits per heavy atom. The predicted molar refractivity (Wildman–Crippen MR) is 82.6 cm³/mol. The summed E-state index contributed by atoms with van der Waals surface area (Å²) in [6.45, 7) is 0. The fourth-order valence-corrected chi connectivity index (χ4v) is 3.46. The van der Waals surface area contributed by atoms with Gasteiger partial charge in [0, 0.05) is 35.6 Å². The molecule has 3 atom stereocenters. The zero-order valence-corrected chi connectivity index (χ0v) is 12.5. The number of hydrogen-bond donors (Lipinski definition) is 3. The second-order valence-electron chi connectivity index (χ2n) is 5.80. The van der Waals surface area contributed by atoms with E-state index < -0.39 is 23.9 Å². The highest BCUT2D eigenvalue weighted by Gasteiger charge is 2.48. The second-order valence-corrected chi connectivity index (χ2v) is 5.80. The molecule has 7 heteroatoms. The minimum Gasteiger partial charge on any atom is -0.508 e. The number of nitrogens with one attached hydrogen (secondary N) is 1. The number of phenolic OH excluding ortho intramolecular Hbond substituents is 1. The number of fused-ring (bicyclic) bond motifs is 2. The number of hydrogen-bond acceptors (Lipinski definition) is 7. The SMILES string of the molecule is N#CC1=C(N)CC2Oc3cc(O)ccc3C(C(C#N)C#N)C2C1=N. The van der Waals surface area contributed by atoms with Crippen LogP contribution in [0.2, 0.25) is 0 Å². The third kappa shape index (κ3) is 2.14. The van der Waals surface area contributed by atoms with Gasteiger partial charge in [0.25, 0.3) is 0 Å². The maximum Gasteiger partial charge on any atom is 0.141 e. The van der Waals surface area contributed by atoms with Crippen LogP contribution >= 0.6 is 0 Å². The minimum absolute atomic E-state index is 0.00327. The minimum atomic E-state index is -1.01. The fraction of sp³-hybridized carbons (Fsp3) is 0.294. The van der Waals surface area contributed by atoms with Crippen LogP contribution in [0.4, 0.5) is 0 Å². The first-order valence-corrected chi connectivity index (χ1v) is 7.28. The van der Waals surface area contributed by atoms with E-state index in [0.29, 0.717) is 11.3 Å². The molecule has 1 aromatic carbocycles. The van der Waals surface area contributed by atoms with Crippen molar-refractivity contribution >= 4 is 5.71 Å². The van der Waals surface area contributed by atoms with Gasteiger partial charge in [-0.1, -0.05) is 6.07 Å². The summed E-state index contributed by atoms with van der Waals surface area (Å²) in [6, 6.07) is 10.3. The monoisotopic (exact) mass is 319 g/mol. The number of rotatable bonds is 1. The molecule has 24 heavy (non-hydrogen) atoms. The number of aromatic hydroxyl groups is 1. The molecule has 1 aromatic rings. The van der Waals surface area contributed by atoms with Gasteiger partial charge < -0.3 is 21.0 Å². The maximum atomic E-state index is 9.68. The largest absolute Gasteiger partial charge is 0.508 e. The number of ether oxygens (including phenoxy) is 1. The summed E-state index contributed by atoms with van der Waals surface area (Å²) in [5, 5.41) is 46.0. The molecule has 0 saturated carbocycles. The van der Waals surface area contributed by atoms with Gasteiger partial charge in [-0.25, -0.2) is 0 Å². The van der Waals surface area contributed by atoms with Crippen molar-refractivity contribution in [2.45, 2.75) is 18.4 Å². The van der Waals surface area contributed by atoms with Crippen LogP contribution in [0, 0.1) is 51.2 Å². The Labute approximate surface area is 138 Å². The normalized spacial score (nSPS) is 24.9. The van der Waals surface area contributed by atoms with Crippen LogP contribution in [-0.4, -0.2) is 16.9 Å². The Balaban J connectivity index is 2.20. The van der Waals surface area contributed by atoms with Crippen LogP contribution in [-0.2, 0) is 0 Å². The van der Waals surface area contributed by atoms with Gasteiger partial charge in [0.15, 0.2) is 0 Å². The smallest absolute Gasteiger partial charge is 0.141 e. The molecule has 3 unspecified atom stereocenters. The maximum absolute atomic E-state index is 9.68. The molecule has 0 bridgehead atoms. The lowest BCUT2D eigenvalue weighted by Crippen LogP contribution is -2.47. The average Bonchev–Trinajstić information content (AvgIpc) is 2.55. The van der Waals surface area contributed by atoms with E-state index in [-0.39, 0.29) is 29.2 Å². The first-order chi connectivity index (χ1) is 11.5. The lowest BCUT2D eigenvalue weighted by Gasteiger charge is -2.42. The molecule has 0 saturated heterocycles. The molecule has 0 radical (unpaired) electrons. The molecule has 1 aliphatic carbocycles. The van der Waals surface area contributed by atoms with Crippen LogP contribution in [0.1, 0.15) is 17.9 Å². The third-order valence-electron chi connectivity index (χ3n) is 4.52. The van der Waals surface area contributed by atoms with Gasteiger partial charge in [-0.15, -0.1) is 0 Å². The van der Waals surface area contributed by atoms with Crippen LogP contribution in [0.5, 0.6) is 11.5 Å². The van der Waals surface area contributed by atoms with Crippen molar-refractivity contribution in [3.8, 4) is 29.7 Å². The molecule has 0 fully saturated rings. The number of benzene rings is 1. The first-order valence-electron chi connectivity index (χ1n) is 7.28. The summed E-state index contributed by atoms with van der Waals surface area (Å²) >= 11 is 0. The van der Waals surface area contributed by atoms with Crippen molar-refractivity contribution < 1.29 is 9.84 Å². The molecule has 1 heterocycles. The summed E-state index contributed by atoms with van der Waals surface area (Å²) in [5.41, 5.74) is 6.79. The molecule has 0 aromatic heterocycles. The highest BCUT2D eigenvalue weighted by atomic mass is 16.5. The highest BCUT2D eigenvalue weighted by molar-refractivity contribution is 6.05. The molecule has 0 spiro atoms. The van der Waals surface area contributed by atoms with E-state index in [4.69, 9.17) is 15.9 Å². The van der Waals surface area contributed by atoms with Crippen molar-refractivity contribution in [1.82, 2.24) is 0 Å². The topological polar surface area (TPSA) is 151 Å². The zero-order valence-electron chi connectivity index (χ0n) is 12.5. The van der Waals surface area contributed by atoms with Crippen molar-refractivity contribution in [3.63, 3.8) is 0 Å². The van der Waals surface area contributed by atoms with E-state index in [2.05, 4.69) is 0 Å². The molecule has 118 valence electrons. The fourth-order valence-electron chi connectivity index (χ4n) is 3.46. The molecule has 0 amide bonds. The van der Waals surface area contributed by atoms with Gasteiger partial charge in [-0.3, -0.25) is 0 Å². The lowest BCUT2D eigenvalue weighted by molar-refractivity contribution is 0.117. The molecular formula is C17H13N5O2. The standard InChI is InChI=1S/C17H13N5O2/c18-5-8(6-19)15-10-2-1-9(23)3-13(10)24-14-4-12(21)11(7-20)17(22)16(14)15/h1-3,8,14-16,22-23H,4,21H2. The average molecular weight is 319 g/mol. The van der Waals surface area contributed by atoms with Crippen molar-refractivity contribution in [3.05, 3.63) is 35.0 Å². The Bertz CT molecular complexity index is 870. The van der Waals surface area contributed by atoms with Gasteiger partial charge >= 0.3 is 0 Å². The van der Waals surface area contributed by atoms with Gasteiger partial charge in [0.05, 0.1) is 23.4 Å². The van der Waals surface area contributed by atoms with Crippen molar-refractivity contribution in [2.24, 2.45) is 17.6 Å². The van der Waals surface area contributed by atoms with Crippen LogP contribution in [0.25, 0.3) is 0 Å². The van der Waals surface area contributed by atoms with E-state index in [0.717, 1.165) is 0 Å². The van der Waals surface area contributed by atoms with Gasteiger partial charge in [0.2, 0.25) is 0 Å². The molecular weight excluding hydrogens is 306 g/mol. The Hall–Kier alpha value is -3.50. The molecule has 2 aliphatic rings. The number of allylic oxidation sites excluding steroid dienone is 1. The van der Waals surface area contributed by atoms with Crippen molar-refractivity contribution in [2.75, 3.05) is 0 Å². The molecule has 3 rings (SSSR count). The predicted octanol–water partition coefficient (Wildman–Crippen LogP) is 1.68. The van der Waals surface area contributed by atoms with Crippen LogP contribution in [0.15, 0.2) is 29.5 Å². The molecule has 4 N–H and O–H groups in total. The first kappa shape index (κ1) is 15.4. The Morgan fingerprint density at radius 3 is 2.62 bits per heavy atom. The summed E-state index contributed by atoms with van der Waals surface area (Å²) < 4.78 is 5.88. The van der Waals surface area contributed by atoms with E-state index in [9.17, 15) is 20.9 Å². The highest BCUT2D eigenvalue weighted by Crippen LogP contribution is 2.49. The van der Waals surface area contributed by atoms with E-state index in [1.165, 1.54) is 12.1 Å². The van der Waals surface area contributed by atoms with Crippen LogP contribution in [0.3, 0.4) is 0 Å².